The van der Waals surface area contributed by atoms with Gasteiger partial charge in [0, 0.05) is 13.0 Å². The van der Waals surface area contributed by atoms with Gasteiger partial charge in [-0.25, -0.2) is 14.6 Å². The first-order chi connectivity index (χ1) is 16.0. The van der Waals surface area contributed by atoms with E-state index in [4.69, 9.17) is 14.8 Å². The first kappa shape index (κ1) is 22.1. The van der Waals surface area contributed by atoms with Crippen LogP contribution in [0, 0.1) is 0 Å². The molecule has 0 aliphatic heterocycles. The van der Waals surface area contributed by atoms with Crippen LogP contribution >= 0.6 is 0 Å². The molecule has 0 atom stereocenters. The molecule has 0 amide bonds. The molecule has 4 aromatic rings. The molecule has 7 heteroatoms. The van der Waals surface area contributed by atoms with Crippen LogP contribution in [0.25, 0.3) is 22.2 Å². The Morgan fingerprint density at radius 1 is 0.970 bits per heavy atom. The van der Waals surface area contributed by atoms with E-state index in [9.17, 15) is 14.7 Å². The molecule has 33 heavy (non-hydrogen) atoms. The monoisotopic (exact) mass is 444 g/mol. The number of carboxylic acid groups (broad SMARTS) is 2. The van der Waals surface area contributed by atoms with Gasteiger partial charge in [-0.05, 0) is 41.3 Å². The Kier molecular flexibility index (Phi) is 6.40. The lowest BCUT2D eigenvalue weighted by atomic mass is 9.99. The topological polar surface area (TPSA) is 102 Å². The van der Waals surface area contributed by atoms with E-state index in [0.717, 1.165) is 36.2 Å². The number of ether oxygens (including phenoxy) is 1. The third-order valence-electron chi connectivity index (χ3n) is 5.52. The summed E-state index contributed by atoms with van der Waals surface area (Å²) in [6, 6.07) is 19.8. The van der Waals surface area contributed by atoms with Gasteiger partial charge >= 0.3 is 12.1 Å². The van der Waals surface area contributed by atoms with Crippen LogP contribution in [0.2, 0.25) is 0 Å². The van der Waals surface area contributed by atoms with Gasteiger partial charge in [0.05, 0.1) is 11.1 Å². The largest absolute Gasteiger partial charge is 0.511 e. The average Bonchev–Trinajstić information content (AvgIpc) is 3.16. The van der Waals surface area contributed by atoms with Gasteiger partial charge in [-0.3, -0.25) is 0 Å². The minimum atomic E-state index is -1.37. The number of aromatic nitrogens is 2. The zero-order valence-electron chi connectivity index (χ0n) is 18.2. The van der Waals surface area contributed by atoms with Gasteiger partial charge in [0.25, 0.3) is 0 Å². The third kappa shape index (κ3) is 4.72. The highest BCUT2D eigenvalue weighted by Gasteiger charge is 2.17. The number of aryl methyl sites for hydroxylation is 1. The minimum absolute atomic E-state index is 0.252. The van der Waals surface area contributed by atoms with Gasteiger partial charge in [0.1, 0.15) is 11.3 Å². The molecule has 0 fully saturated rings. The van der Waals surface area contributed by atoms with Crippen molar-refractivity contribution in [1.29, 1.82) is 0 Å². The molecular formula is C26H24N2O5. The van der Waals surface area contributed by atoms with E-state index in [2.05, 4.69) is 6.92 Å². The molecule has 1 aromatic heterocycles. The predicted molar refractivity (Wildman–Crippen MR) is 125 cm³/mol. The first-order valence-corrected chi connectivity index (χ1v) is 10.8. The van der Waals surface area contributed by atoms with Gasteiger partial charge in [0.2, 0.25) is 0 Å². The number of imidazole rings is 1. The number of rotatable bonds is 8. The average molecular weight is 444 g/mol. The van der Waals surface area contributed by atoms with E-state index < -0.39 is 12.1 Å². The molecule has 2 N–H and O–H groups in total. The van der Waals surface area contributed by atoms with E-state index in [-0.39, 0.29) is 11.3 Å². The maximum absolute atomic E-state index is 11.6. The summed E-state index contributed by atoms with van der Waals surface area (Å²) >= 11 is 0. The van der Waals surface area contributed by atoms with Crippen LogP contribution in [-0.4, -0.2) is 31.9 Å². The minimum Gasteiger partial charge on any atom is -0.478 e. The number of unbranched alkanes of at least 4 members (excludes halogenated alkanes) is 1. The lowest BCUT2D eigenvalue weighted by Gasteiger charge is -2.12. The van der Waals surface area contributed by atoms with Gasteiger partial charge in [-0.2, -0.15) is 0 Å². The van der Waals surface area contributed by atoms with E-state index in [0.29, 0.717) is 23.1 Å². The zero-order valence-corrected chi connectivity index (χ0v) is 18.2. The van der Waals surface area contributed by atoms with Gasteiger partial charge in [0.15, 0.2) is 5.75 Å². The molecule has 0 radical (unpaired) electrons. The van der Waals surface area contributed by atoms with Crippen LogP contribution in [-0.2, 0) is 13.0 Å². The van der Waals surface area contributed by atoms with Crippen molar-refractivity contribution in [1.82, 2.24) is 9.55 Å². The normalized spacial score (nSPS) is 10.9. The Morgan fingerprint density at radius 2 is 1.73 bits per heavy atom. The molecular weight excluding hydrogens is 420 g/mol. The molecule has 0 aliphatic rings. The summed E-state index contributed by atoms with van der Waals surface area (Å²) in [5.74, 6) is 0.155. The molecule has 0 bridgehead atoms. The SMILES string of the molecule is CCCCc1nc2cccc(OC(=O)O)c2n1Cc1ccc(-c2ccccc2C(=O)O)cc1. The van der Waals surface area contributed by atoms with Crippen molar-refractivity contribution in [2.45, 2.75) is 32.7 Å². The fourth-order valence-corrected chi connectivity index (χ4v) is 3.97. The number of carbonyl (C=O) groups is 2. The van der Waals surface area contributed by atoms with Crippen LogP contribution in [0.15, 0.2) is 66.7 Å². The van der Waals surface area contributed by atoms with Gasteiger partial charge in [-0.1, -0.05) is 61.9 Å². The summed E-state index contributed by atoms with van der Waals surface area (Å²) in [7, 11) is 0. The summed E-state index contributed by atoms with van der Waals surface area (Å²) < 4.78 is 7.04. The van der Waals surface area contributed by atoms with Crippen LogP contribution in [0.1, 0.15) is 41.5 Å². The fraction of sp³-hybridized carbons (Fsp3) is 0.192. The molecule has 7 nitrogen and oxygen atoms in total. The first-order valence-electron chi connectivity index (χ1n) is 10.8. The highest BCUT2D eigenvalue weighted by atomic mass is 16.7. The van der Waals surface area contributed by atoms with E-state index in [1.807, 2.05) is 41.0 Å². The lowest BCUT2D eigenvalue weighted by molar-refractivity contribution is 0.0697. The van der Waals surface area contributed by atoms with Crippen molar-refractivity contribution in [2.24, 2.45) is 0 Å². The van der Waals surface area contributed by atoms with Crippen molar-refractivity contribution >= 4 is 23.2 Å². The number of aromatic carboxylic acids is 1. The van der Waals surface area contributed by atoms with E-state index in [1.54, 1.807) is 30.3 Å². The molecule has 1 heterocycles. The van der Waals surface area contributed by atoms with Crippen molar-refractivity contribution < 1.29 is 24.5 Å². The number of fused-ring (bicyclic) bond motifs is 1. The molecule has 0 saturated heterocycles. The van der Waals surface area contributed by atoms with Crippen molar-refractivity contribution in [3.63, 3.8) is 0 Å². The smallest absolute Gasteiger partial charge is 0.478 e. The Labute approximate surface area is 190 Å². The van der Waals surface area contributed by atoms with Gasteiger partial charge in [-0.15, -0.1) is 0 Å². The third-order valence-corrected chi connectivity index (χ3v) is 5.52. The second-order valence-electron chi connectivity index (χ2n) is 7.76. The van der Waals surface area contributed by atoms with Crippen LogP contribution in [0.4, 0.5) is 4.79 Å². The molecule has 168 valence electrons. The van der Waals surface area contributed by atoms with Crippen molar-refractivity contribution in [3.05, 3.63) is 83.7 Å². The maximum Gasteiger partial charge on any atom is 0.511 e. The van der Waals surface area contributed by atoms with Crippen molar-refractivity contribution in [2.75, 3.05) is 0 Å². The van der Waals surface area contributed by atoms with E-state index in [1.165, 1.54) is 0 Å². The summed E-state index contributed by atoms with van der Waals surface area (Å²) in [5.41, 5.74) is 4.04. The predicted octanol–water partition coefficient (Wildman–Crippen LogP) is 5.85. The van der Waals surface area contributed by atoms with E-state index >= 15 is 0 Å². The number of benzene rings is 3. The number of carboxylic acids is 1. The molecule has 3 aromatic carbocycles. The highest BCUT2D eigenvalue weighted by molar-refractivity contribution is 5.96. The summed E-state index contributed by atoms with van der Waals surface area (Å²) in [4.78, 5) is 27.5. The second kappa shape index (κ2) is 9.56. The molecule has 0 aliphatic carbocycles. The summed E-state index contributed by atoms with van der Waals surface area (Å²) in [6.45, 7) is 2.59. The molecule has 0 unspecified atom stereocenters. The Bertz CT molecular complexity index is 1310. The Morgan fingerprint density at radius 3 is 2.42 bits per heavy atom. The number of para-hydroxylation sites is 1. The van der Waals surface area contributed by atoms with Crippen LogP contribution in [0.5, 0.6) is 5.75 Å². The zero-order chi connectivity index (χ0) is 23.4. The molecule has 0 spiro atoms. The fourth-order valence-electron chi connectivity index (χ4n) is 3.97. The van der Waals surface area contributed by atoms with Crippen LogP contribution in [0.3, 0.4) is 0 Å². The molecule has 4 rings (SSSR count). The lowest BCUT2D eigenvalue weighted by Crippen LogP contribution is -2.08. The summed E-state index contributed by atoms with van der Waals surface area (Å²) in [6.07, 6.45) is 1.37. The standard InChI is InChI=1S/C26H24N2O5/c1-2-3-11-23-27-21-9-6-10-22(33-26(31)32)24(21)28(23)16-17-12-14-18(15-13-17)19-7-4-5-8-20(19)25(29)30/h4-10,12-15H,2-3,11,16H2,1H3,(H,29,30)(H,31,32). The highest BCUT2D eigenvalue weighted by Crippen LogP contribution is 2.29. The van der Waals surface area contributed by atoms with Crippen molar-refractivity contribution in [3.8, 4) is 16.9 Å². The maximum atomic E-state index is 11.6. The Hall–Kier alpha value is -4.13. The molecule has 0 saturated carbocycles. The van der Waals surface area contributed by atoms with Crippen LogP contribution < -0.4 is 4.74 Å². The number of hydrogen-bond donors (Lipinski definition) is 2. The Balaban J connectivity index is 1.72. The van der Waals surface area contributed by atoms with Gasteiger partial charge < -0.3 is 19.5 Å². The second-order valence-corrected chi connectivity index (χ2v) is 7.76. The number of nitrogens with zero attached hydrogens (tertiary/aromatic N) is 2. The quantitative estimate of drug-likeness (QED) is 0.261. The number of hydrogen-bond acceptors (Lipinski definition) is 4. The summed E-state index contributed by atoms with van der Waals surface area (Å²) in [5, 5.41) is 18.6.